The number of benzene rings is 1. The molecule has 0 aliphatic heterocycles. The summed E-state index contributed by atoms with van der Waals surface area (Å²) < 4.78 is 0. The van der Waals surface area contributed by atoms with Gasteiger partial charge in [0.15, 0.2) is 0 Å². The SMILES string of the molecule is O=C(O)NNC(=O)Cc1ccc(CCl)cc1. The number of carbonyl (C=O) groups is 2. The van der Waals surface area contributed by atoms with Crippen molar-refractivity contribution in [3.8, 4) is 0 Å². The maximum atomic E-state index is 11.2. The van der Waals surface area contributed by atoms with E-state index in [0.717, 1.165) is 11.1 Å². The summed E-state index contributed by atoms with van der Waals surface area (Å²) in [4.78, 5) is 21.3. The molecule has 0 aliphatic carbocycles. The Bertz CT molecular complexity index is 378. The first-order valence-corrected chi connectivity index (χ1v) is 5.07. The number of halogens is 1. The van der Waals surface area contributed by atoms with E-state index in [-0.39, 0.29) is 6.42 Å². The van der Waals surface area contributed by atoms with Crippen molar-refractivity contribution in [2.45, 2.75) is 12.3 Å². The van der Waals surface area contributed by atoms with E-state index in [1.165, 1.54) is 0 Å². The zero-order chi connectivity index (χ0) is 12.0. The van der Waals surface area contributed by atoms with Crippen LogP contribution in [0.1, 0.15) is 11.1 Å². The smallest absolute Gasteiger partial charge is 0.423 e. The van der Waals surface area contributed by atoms with E-state index in [4.69, 9.17) is 16.7 Å². The van der Waals surface area contributed by atoms with Crippen LogP contribution in [0.5, 0.6) is 0 Å². The van der Waals surface area contributed by atoms with Crippen LogP contribution in [-0.4, -0.2) is 17.1 Å². The first-order chi connectivity index (χ1) is 7.61. The van der Waals surface area contributed by atoms with Crippen LogP contribution >= 0.6 is 11.6 Å². The second-order valence-corrected chi connectivity index (χ2v) is 3.37. The van der Waals surface area contributed by atoms with E-state index in [1.807, 2.05) is 17.6 Å². The Morgan fingerprint density at radius 1 is 1.12 bits per heavy atom. The highest BCUT2D eigenvalue weighted by atomic mass is 35.5. The summed E-state index contributed by atoms with van der Waals surface area (Å²) in [5.74, 6) is 0.00794. The fourth-order valence-electron chi connectivity index (χ4n) is 1.10. The van der Waals surface area contributed by atoms with Crippen molar-refractivity contribution in [3.63, 3.8) is 0 Å². The van der Waals surface area contributed by atoms with Crippen LogP contribution in [0.2, 0.25) is 0 Å². The van der Waals surface area contributed by atoms with Crippen molar-refractivity contribution in [3.05, 3.63) is 35.4 Å². The van der Waals surface area contributed by atoms with Gasteiger partial charge in [0.2, 0.25) is 5.91 Å². The second-order valence-electron chi connectivity index (χ2n) is 3.11. The summed E-state index contributed by atoms with van der Waals surface area (Å²) in [7, 11) is 0. The molecule has 0 atom stereocenters. The highest BCUT2D eigenvalue weighted by molar-refractivity contribution is 6.17. The van der Waals surface area contributed by atoms with Gasteiger partial charge in [-0.25, -0.2) is 10.2 Å². The molecule has 5 nitrogen and oxygen atoms in total. The van der Waals surface area contributed by atoms with Gasteiger partial charge in [0.1, 0.15) is 0 Å². The Kier molecular flexibility index (Phi) is 4.60. The van der Waals surface area contributed by atoms with Crippen molar-refractivity contribution < 1.29 is 14.7 Å². The molecule has 86 valence electrons. The van der Waals surface area contributed by atoms with Crippen molar-refractivity contribution in [1.82, 2.24) is 10.9 Å². The van der Waals surface area contributed by atoms with Gasteiger partial charge in [-0.1, -0.05) is 24.3 Å². The minimum absolute atomic E-state index is 0.114. The molecular weight excluding hydrogens is 232 g/mol. The molecule has 0 saturated heterocycles. The lowest BCUT2D eigenvalue weighted by Crippen LogP contribution is -2.41. The molecule has 16 heavy (non-hydrogen) atoms. The van der Waals surface area contributed by atoms with E-state index in [1.54, 1.807) is 17.6 Å². The highest BCUT2D eigenvalue weighted by Gasteiger charge is 2.04. The number of alkyl halides is 1. The summed E-state index contributed by atoms with van der Waals surface area (Å²) in [5.41, 5.74) is 5.59. The first-order valence-electron chi connectivity index (χ1n) is 4.53. The van der Waals surface area contributed by atoms with Gasteiger partial charge in [0, 0.05) is 5.88 Å². The molecule has 0 saturated carbocycles. The largest absolute Gasteiger partial charge is 0.464 e. The number of carbonyl (C=O) groups excluding carboxylic acids is 1. The van der Waals surface area contributed by atoms with Gasteiger partial charge >= 0.3 is 6.09 Å². The van der Waals surface area contributed by atoms with Gasteiger partial charge < -0.3 is 5.11 Å². The van der Waals surface area contributed by atoms with Crippen LogP contribution in [0.4, 0.5) is 4.79 Å². The molecule has 0 bridgehead atoms. The molecule has 6 heteroatoms. The zero-order valence-electron chi connectivity index (χ0n) is 8.37. The van der Waals surface area contributed by atoms with E-state index in [2.05, 4.69) is 0 Å². The molecule has 1 rings (SSSR count). The third kappa shape index (κ3) is 4.18. The number of hydrazine groups is 1. The number of hydrogen-bond donors (Lipinski definition) is 3. The third-order valence-electron chi connectivity index (χ3n) is 1.85. The van der Waals surface area contributed by atoms with Crippen molar-refractivity contribution in [1.29, 1.82) is 0 Å². The quantitative estimate of drug-likeness (QED) is 0.552. The fraction of sp³-hybridized carbons (Fsp3) is 0.200. The molecule has 3 N–H and O–H groups in total. The van der Waals surface area contributed by atoms with Crippen LogP contribution < -0.4 is 10.9 Å². The van der Waals surface area contributed by atoms with Crippen molar-refractivity contribution in [2.24, 2.45) is 0 Å². The second kappa shape index (κ2) is 5.97. The maximum Gasteiger partial charge on any atom is 0.423 e. The Hall–Kier alpha value is -1.75. The molecule has 0 aliphatic rings. The average molecular weight is 243 g/mol. The summed E-state index contributed by atoms with van der Waals surface area (Å²) >= 11 is 5.62. The molecule has 0 fully saturated rings. The van der Waals surface area contributed by atoms with Gasteiger partial charge in [-0.05, 0) is 11.1 Å². The maximum absolute atomic E-state index is 11.2. The first kappa shape index (κ1) is 12.3. The summed E-state index contributed by atoms with van der Waals surface area (Å²) in [6, 6.07) is 7.19. The van der Waals surface area contributed by atoms with Gasteiger partial charge in [-0.2, -0.15) is 0 Å². The predicted molar refractivity (Wildman–Crippen MR) is 59.0 cm³/mol. The highest BCUT2D eigenvalue weighted by Crippen LogP contribution is 2.07. The Morgan fingerprint density at radius 3 is 2.19 bits per heavy atom. The molecule has 0 aromatic heterocycles. The monoisotopic (exact) mass is 242 g/mol. The topological polar surface area (TPSA) is 78.4 Å². The van der Waals surface area contributed by atoms with E-state index in [9.17, 15) is 9.59 Å². The Morgan fingerprint density at radius 2 is 1.69 bits per heavy atom. The number of amides is 2. The van der Waals surface area contributed by atoms with Gasteiger partial charge in [0.25, 0.3) is 0 Å². The van der Waals surface area contributed by atoms with Crippen molar-refractivity contribution >= 4 is 23.6 Å². The standard InChI is InChI=1S/C10H11ClN2O3/c11-6-8-3-1-7(2-4-8)5-9(14)12-13-10(15)16/h1-4,13H,5-6H2,(H,12,14)(H,15,16). The lowest BCUT2D eigenvalue weighted by Gasteiger charge is -2.04. The van der Waals surface area contributed by atoms with E-state index in [0.29, 0.717) is 5.88 Å². The lowest BCUT2D eigenvalue weighted by atomic mass is 10.1. The van der Waals surface area contributed by atoms with Crippen LogP contribution in [0.25, 0.3) is 0 Å². The van der Waals surface area contributed by atoms with Crippen LogP contribution in [0.3, 0.4) is 0 Å². The average Bonchev–Trinajstić information content (AvgIpc) is 2.27. The lowest BCUT2D eigenvalue weighted by molar-refractivity contribution is -0.121. The summed E-state index contributed by atoms with van der Waals surface area (Å²) in [6.45, 7) is 0. The van der Waals surface area contributed by atoms with Gasteiger partial charge in [-0.3, -0.25) is 10.2 Å². The Labute approximate surface area is 97.4 Å². The third-order valence-corrected chi connectivity index (χ3v) is 2.16. The van der Waals surface area contributed by atoms with Gasteiger partial charge in [0.05, 0.1) is 6.42 Å². The van der Waals surface area contributed by atoms with Crippen LogP contribution in [0.15, 0.2) is 24.3 Å². The zero-order valence-corrected chi connectivity index (χ0v) is 9.12. The molecule has 2 amide bonds. The number of nitrogens with one attached hydrogen (secondary N) is 2. The predicted octanol–water partition coefficient (Wildman–Crippen LogP) is 1.27. The van der Waals surface area contributed by atoms with Crippen molar-refractivity contribution in [2.75, 3.05) is 0 Å². The van der Waals surface area contributed by atoms with Crippen LogP contribution in [0, 0.1) is 0 Å². The van der Waals surface area contributed by atoms with Crippen LogP contribution in [-0.2, 0) is 17.1 Å². The normalized spacial score (nSPS) is 9.56. The molecule has 0 unspecified atom stereocenters. The minimum Gasteiger partial charge on any atom is -0.464 e. The molecular formula is C10H11ClN2O3. The molecule has 1 aromatic rings. The minimum atomic E-state index is -1.30. The molecule has 0 spiro atoms. The number of carboxylic acid groups (broad SMARTS) is 1. The van der Waals surface area contributed by atoms with E-state index < -0.39 is 12.0 Å². The summed E-state index contributed by atoms with van der Waals surface area (Å²) in [5, 5.41) is 8.26. The fourth-order valence-corrected chi connectivity index (χ4v) is 1.28. The molecule has 0 heterocycles. The van der Waals surface area contributed by atoms with E-state index >= 15 is 0 Å². The number of hydrogen-bond acceptors (Lipinski definition) is 2. The molecule has 0 radical (unpaired) electrons. The number of rotatable bonds is 3. The summed E-state index contributed by atoms with van der Waals surface area (Å²) in [6.07, 6.45) is -1.19. The Balaban J connectivity index is 2.46. The van der Waals surface area contributed by atoms with Gasteiger partial charge in [-0.15, -0.1) is 11.6 Å². The molecule has 1 aromatic carbocycles.